The predicted octanol–water partition coefficient (Wildman–Crippen LogP) is -0.205. The van der Waals surface area contributed by atoms with E-state index in [1.807, 2.05) is 0 Å². The molecule has 1 aliphatic rings. The second-order valence-corrected chi connectivity index (χ2v) is 2.17. The quantitative estimate of drug-likeness (QED) is 0.450. The number of rotatable bonds is 1. The second kappa shape index (κ2) is 3.71. The molecule has 0 saturated heterocycles. The number of aliphatic imine (C=N–C) groups is 2. The molecule has 1 aliphatic heterocycles. The van der Waals surface area contributed by atoms with Gasteiger partial charge in [0, 0.05) is 0 Å². The van der Waals surface area contributed by atoms with Crippen molar-refractivity contribution in [3.8, 4) is 0 Å². The highest BCUT2D eigenvalue weighted by atomic mass is 19.4. The summed E-state index contributed by atoms with van der Waals surface area (Å²) < 4.78 is 38.6. The number of hydrazine groups is 1. The average molecular weight is 196 g/mol. The third kappa shape index (κ3) is 3.38. The normalized spacial score (nSPS) is 22.8. The maximum Gasteiger partial charge on any atom is 0.524 e. The Morgan fingerprint density at radius 1 is 1.62 bits per heavy atom. The molecule has 74 valence electrons. The van der Waals surface area contributed by atoms with Gasteiger partial charge in [-0.25, -0.2) is 10.8 Å². The van der Waals surface area contributed by atoms with Crippen LogP contribution in [0.25, 0.3) is 0 Å². The van der Waals surface area contributed by atoms with E-state index in [9.17, 15) is 13.2 Å². The highest BCUT2D eigenvalue weighted by Gasteiger charge is 2.34. The minimum Gasteiger partial charge on any atom is -0.307 e. The monoisotopic (exact) mass is 196 g/mol. The minimum absolute atomic E-state index is 0.0560. The van der Waals surface area contributed by atoms with Gasteiger partial charge in [0.15, 0.2) is 12.1 Å². The van der Waals surface area contributed by atoms with E-state index in [1.165, 1.54) is 6.21 Å². The van der Waals surface area contributed by atoms with Crippen molar-refractivity contribution in [2.45, 2.75) is 12.6 Å². The van der Waals surface area contributed by atoms with Gasteiger partial charge < -0.3 is 5.43 Å². The fourth-order valence-corrected chi connectivity index (χ4v) is 0.751. The molecule has 0 aliphatic carbocycles. The lowest BCUT2D eigenvalue weighted by molar-refractivity contribution is -0.340. The second-order valence-electron chi connectivity index (χ2n) is 2.17. The molecule has 0 spiro atoms. The molecule has 0 aromatic heterocycles. The summed E-state index contributed by atoms with van der Waals surface area (Å²) in [5.74, 6) is 4.98. The first-order valence-corrected chi connectivity index (χ1v) is 3.30. The van der Waals surface area contributed by atoms with Gasteiger partial charge in [0.1, 0.15) is 0 Å². The smallest absolute Gasteiger partial charge is 0.307 e. The zero-order valence-electron chi connectivity index (χ0n) is 6.38. The summed E-state index contributed by atoms with van der Waals surface area (Å²) in [6.07, 6.45) is -4.83. The van der Waals surface area contributed by atoms with Crippen molar-refractivity contribution in [1.29, 1.82) is 0 Å². The number of hydrogen-bond acceptors (Lipinski definition) is 5. The van der Waals surface area contributed by atoms with Gasteiger partial charge in [-0.2, -0.15) is 0 Å². The Labute approximate surface area is 71.5 Å². The molecule has 8 heteroatoms. The zero-order chi connectivity index (χ0) is 9.90. The summed E-state index contributed by atoms with van der Waals surface area (Å²) >= 11 is 0. The van der Waals surface area contributed by atoms with Gasteiger partial charge >= 0.3 is 6.36 Å². The van der Waals surface area contributed by atoms with Crippen molar-refractivity contribution in [1.82, 2.24) is 5.43 Å². The summed E-state index contributed by atoms with van der Waals surface area (Å²) in [6, 6.07) is 0. The number of halogens is 3. The van der Waals surface area contributed by atoms with Gasteiger partial charge in [-0.1, -0.05) is 0 Å². The van der Waals surface area contributed by atoms with Crippen molar-refractivity contribution < 1.29 is 17.9 Å². The molecular formula is C5H7F3N4O. The molecular weight excluding hydrogens is 189 g/mol. The summed E-state index contributed by atoms with van der Waals surface area (Å²) in [6.45, 7) is -0.162. The third-order valence-corrected chi connectivity index (χ3v) is 1.18. The third-order valence-electron chi connectivity index (χ3n) is 1.18. The molecule has 1 unspecified atom stereocenters. The molecule has 1 heterocycles. The number of alkyl halides is 3. The van der Waals surface area contributed by atoms with Crippen molar-refractivity contribution in [3.05, 3.63) is 0 Å². The van der Waals surface area contributed by atoms with Crippen LogP contribution in [0.3, 0.4) is 0 Å². The first kappa shape index (κ1) is 9.93. The minimum atomic E-state index is -4.71. The van der Waals surface area contributed by atoms with Gasteiger partial charge in [-0.15, -0.1) is 13.2 Å². The van der Waals surface area contributed by atoms with Crippen molar-refractivity contribution in [2.75, 3.05) is 6.54 Å². The first-order valence-electron chi connectivity index (χ1n) is 3.30. The van der Waals surface area contributed by atoms with Gasteiger partial charge in [-0.05, 0) is 0 Å². The van der Waals surface area contributed by atoms with Crippen molar-refractivity contribution in [3.63, 3.8) is 0 Å². The molecule has 0 radical (unpaired) electrons. The van der Waals surface area contributed by atoms with E-state index < -0.39 is 12.6 Å². The highest BCUT2D eigenvalue weighted by molar-refractivity contribution is 6.29. The van der Waals surface area contributed by atoms with Crippen LogP contribution in [-0.2, 0) is 4.74 Å². The van der Waals surface area contributed by atoms with E-state index in [2.05, 4.69) is 20.1 Å². The van der Waals surface area contributed by atoms with Crippen LogP contribution in [0.15, 0.2) is 9.98 Å². The number of nitrogens with zero attached hydrogens (tertiary/aromatic N) is 2. The number of nitrogens with one attached hydrogen (secondary N) is 1. The molecule has 0 saturated carbocycles. The molecule has 1 rings (SSSR count). The maximum absolute atomic E-state index is 11.7. The largest absolute Gasteiger partial charge is 0.524 e. The molecule has 13 heavy (non-hydrogen) atoms. The van der Waals surface area contributed by atoms with Crippen LogP contribution in [0.4, 0.5) is 13.2 Å². The molecule has 0 aromatic rings. The fourth-order valence-electron chi connectivity index (χ4n) is 0.751. The molecule has 1 atom stereocenters. The van der Waals surface area contributed by atoms with Gasteiger partial charge in [0.05, 0.1) is 12.8 Å². The molecule has 3 N–H and O–H groups in total. The Kier molecular flexibility index (Phi) is 2.83. The molecule has 0 amide bonds. The summed E-state index contributed by atoms with van der Waals surface area (Å²) in [5, 5.41) is 0. The van der Waals surface area contributed by atoms with Crippen LogP contribution in [-0.4, -0.2) is 31.2 Å². The summed E-state index contributed by atoms with van der Waals surface area (Å²) in [4.78, 5) is 7.05. The van der Waals surface area contributed by atoms with E-state index in [1.54, 1.807) is 0 Å². The summed E-state index contributed by atoms with van der Waals surface area (Å²) in [5.41, 5.74) is 2.07. The van der Waals surface area contributed by atoms with Crippen LogP contribution in [0.2, 0.25) is 0 Å². The molecule has 0 fully saturated rings. The highest BCUT2D eigenvalue weighted by Crippen LogP contribution is 2.20. The van der Waals surface area contributed by atoms with E-state index in [0.717, 1.165) is 0 Å². The SMILES string of the molecule is NNC1=NC(OC(F)(F)F)CN=C1. The lowest BCUT2D eigenvalue weighted by Crippen LogP contribution is -2.37. The lowest BCUT2D eigenvalue weighted by atomic mass is 10.5. The Bertz CT molecular complexity index is 236. The molecule has 0 aromatic carbocycles. The van der Waals surface area contributed by atoms with E-state index >= 15 is 0 Å². The number of hydrogen-bond donors (Lipinski definition) is 2. The van der Waals surface area contributed by atoms with Gasteiger partial charge in [-0.3, -0.25) is 9.73 Å². The molecule has 5 nitrogen and oxygen atoms in total. The van der Waals surface area contributed by atoms with Gasteiger partial charge in [0.25, 0.3) is 0 Å². The van der Waals surface area contributed by atoms with Crippen LogP contribution >= 0.6 is 0 Å². The zero-order valence-corrected chi connectivity index (χ0v) is 6.38. The van der Waals surface area contributed by atoms with Crippen molar-refractivity contribution in [2.24, 2.45) is 15.8 Å². The Hall–Kier alpha value is -1.15. The fraction of sp³-hybridized carbons (Fsp3) is 0.600. The number of nitrogens with two attached hydrogens (primary N) is 1. The van der Waals surface area contributed by atoms with Crippen LogP contribution in [0.1, 0.15) is 0 Å². The lowest BCUT2D eigenvalue weighted by Gasteiger charge is -2.17. The van der Waals surface area contributed by atoms with E-state index in [-0.39, 0.29) is 12.4 Å². The summed E-state index contributed by atoms with van der Waals surface area (Å²) in [7, 11) is 0. The number of ether oxygens (including phenoxy) is 1. The van der Waals surface area contributed by atoms with E-state index in [0.29, 0.717) is 0 Å². The topological polar surface area (TPSA) is 72.0 Å². The Morgan fingerprint density at radius 3 is 2.85 bits per heavy atom. The van der Waals surface area contributed by atoms with Crippen LogP contribution in [0, 0.1) is 0 Å². The molecule has 0 bridgehead atoms. The van der Waals surface area contributed by atoms with Crippen LogP contribution < -0.4 is 11.3 Å². The van der Waals surface area contributed by atoms with Crippen molar-refractivity contribution >= 4 is 12.1 Å². The predicted molar refractivity (Wildman–Crippen MR) is 39.0 cm³/mol. The van der Waals surface area contributed by atoms with Gasteiger partial charge in [0.2, 0.25) is 0 Å². The first-order chi connectivity index (χ1) is 6.01. The number of amidine groups is 1. The van der Waals surface area contributed by atoms with E-state index in [4.69, 9.17) is 5.84 Å². The Morgan fingerprint density at radius 2 is 2.31 bits per heavy atom. The Balaban J connectivity index is 2.54. The average Bonchev–Trinajstić information content (AvgIpc) is 2.01. The van der Waals surface area contributed by atoms with Crippen LogP contribution in [0.5, 0.6) is 0 Å². The maximum atomic E-state index is 11.7. The standard InChI is InChI=1S/C5H7F3N4O/c6-5(7,8)13-4-2-10-1-3(11-4)12-9/h1,4H,2,9H2,(H,11,12).